The fraction of sp³-hybridized carbons (Fsp3) is 0.467. The topological polar surface area (TPSA) is 73.1 Å². The van der Waals surface area contributed by atoms with Gasteiger partial charge in [0, 0.05) is 12.1 Å². The summed E-state index contributed by atoms with van der Waals surface area (Å²) in [6.45, 7) is 7.26. The Morgan fingerprint density at radius 1 is 1.40 bits per heavy atom. The van der Waals surface area contributed by atoms with Crippen LogP contribution in [-0.2, 0) is 11.3 Å². The molecule has 0 radical (unpaired) electrons. The summed E-state index contributed by atoms with van der Waals surface area (Å²) < 4.78 is 13.2. The molecule has 0 amide bonds. The van der Waals surface area contributed by atoms with E-state index in [0.29, 0.717) is 6.54 Å². The van der Waals surface area contributed by atoms with Crippen molar-refractivity contribution in [3.63, 3.8) is 0 Å². The van der Waals surface area contributed by atoms with Gasteiger partial charge in [-0.15, -0.1) is 0 Å². The zero-order valence-corrected chi connectivity index (χ0v) is 12.1. The minimum absolute atomic E-state index is 0.0143. The molecule has 0 fully saturated rings. The maximum absolute atomic E-state index is 13.2. The van der Waals surface area contributed by atoms with Crippen LogP contribution in [0.2, 0.25) is 0 Å². The van der Waals surface area contributed by atoms with Crippen LogP contribution in [0, 0.1) is 22.6 Å². The SMILES string of the molecule is CC(C)(NCc1ccc(F)c(C#N)c1)C(C)(C)C(=O)O. The highest BCUT2D eigenvalue weighted by Crippen LogP contribution is 2.31. The molecule has 0 bridgehead atoms. The molecule has 108 valence electrons. The van der Waals surface area contributed by atoms with E-state index in [-0.39, 0.29) is 5.56 Å². The monoisotopic (exact) mass is 278 g/mol. The Balaban J connectivity index is 2.87. The van der Waals surface area contributed by atoms with E-state index in [4.69, 9.17) is 5.26 Å². The minimum atomic E-state index is -0.967. The van der Waals surface area contributed by atoms with Crippen LogP contribution in [0.1, 0.15) is 38.8 Å². The molecule has 20 heavy (non-hydrogen) atoms. The number of nitrogens with zero attached hydrogens (tertiary/aromatic N) is 1. The van der Waals surface area contributed by atoms with E-state index in [1.165, 1.54) is 12.1 Å². The normalized spacial score (nSPS) is 12.0. The molecule has 1 aromatic rings. The molecule has 0 aliphatic carbocycles. The van der Waals surface area contributed by atoms with Crippen molar-refractivity contribution in [3.8, 4) is 6.07 Å². The van der Waals surface area contributed by atoms with Gasteiger partial charge in [0.2, 0.25) is 0 Å². The van der Waals surface area contributed by atoms with Crippen LogP contribution in [0.25, 0.3) is 0 Å². The van der Waals surface area contributed by atoms with Gasteiger partial charge in [-0.1, -0.05) is 6.07 Å². The lowest BCUT2D eigenvalue weighted by atomic mass is 9.74. The van der Waals surface area contributed by atoms with Crippen LogP contribution in [0.5, 0.6) is 0 Å². The number of aliphatic carboxylic acids is 1. The maximum atomic E-state index is 13.2. The second kappa shape index (κ2) is 5.59. The maximum Gasteiger partial charge on any atom is 0.310 e. The van der Waals surface area contributed by atoms with Gasteiger partial charge in [-0.25, -0.2) is 4.39 Å². The second-order valence-electron chi connectivity index (χ2n) is 5.83. The first-order chi connectivity index (χ1) is 9.11. The fourth-order valence-electron chi connectivity index (χ4n) is 1.58. The van der Waals surface area contributed by atoms with Gasteiger partial charge in [0.05, 0.1) is 11.0 Å². The van der Waals surface area contributed by atoms with Crippen molar-refractivity contribution in [1.29, 1.82) is 5.26 Å². The van der Waals surface area contributed by atoms with E-state index in [9.17, 15) is 14.3 Å². The summed E-state index contributed by atoms with van der Waals surface area (Å²) in [5, 5.41) is 21.2. The first kappa shape index (κ1) is 16.1. The number of carboxylic acid groups (broad SMARTS) is 1. The van der Waals surface area contributed by atoms with Gasteiger partial charge >= 0.3 is 5.97 Å². The van der Waals surface area contributed by atoms with E-state index < -0.39 is 22.7 Å². The second-order valence-corrected chi connectivity index (χ2v) is 5.83. The summed E-state index contributed by atoms with van der Waals surface area (Å²) >= 11 is 0. The van der Waals surface area contributed by atoms with Crippen molar-refractivity contribution < 1.29 is 14.3 Å². The fourth-order valence-corrected chi connectivity index (χ4v) is 1.58. The molecule has 1 aromatic carbocycles. The summed E-state index contributed by atoms with van der Waals surface area (Å²) in [6.07, 6.45) is 0. The lowest BCUT2D eigenvalue weighted by Crippen LogP contribution is -2.54. The smallest absolute Gasteiger partial charge is 0.310 e. The number of nitriles is 1. The Hall–Kier alpha value is -1.93. The molecule has 0 unspecified atom stereocenters. The molecule has 0 saturated carbocycles. The lowest BCUT2D eigenvalue weighted by molar-refractivity contribution is -0.151. The number of rotatable bonds is 5. The molecular formula is C15H19FN2O2. The van der Waals surface area contributed by atoms with Gasteiger partial charge < -0.3 is 10.4 Å². The Morgan fingerprint density at radius 2 is 2.00 bits per heavy atom. The van der Waals surface area contributed by atoms with Gasteiger partial charge in [0.1, 0.15) is 11.9 Å². The third-order valence-corrected chi connectivity index (χ3v) is 3.98. The predicted molar refractivity (Wildman–Crippen MR) is 73.5 cm³/mol. The minimum Gasteiger partial charge on any atom is -0.481 e. The van der Waals surface area contributed by atoms with Gasteiger partial charge in [-0.3, -0.25) is 4.79 Å². The molecule has 0 saturated heterocycles. The highest BCUT2D eigenvalue weighted by Gasteiger charge is 2.42. The summed E-state index contributed by atoms with van der Waals surface area (Å²) in [4.78, 5) is 11.3. The third-order valence-electron chi connectivity index (χ3n) is 3.98. The highest BCUT2D eigenvalue weighted by molar-refractivity contribution is 5.75. The molecule has 0 aromatic heterocycles. The largest absolute Gasteiger partial charge is 0.481 e. The number of carboxylic acids is 1. The van der Waals surface area contributed by atoms with Crippen molar-refractivity contribution in [1.82, 2.24) is 5.32 Å². The van der Waals surface area contributed by atoms with Crippen LogP contribution in [-0.4, -0.2) is 16.6 Å². The van der Waals surface area contributed by atoms with Crippen LogP contribution in [0.15, 0.2) is 18.2 Å². The van der Waals surface area contributed by atoms with Crippen LogP contribution in [0.3, 0.4) is 0 Å². The van der Waals surface area contributed by atoms with Gasteiger partial charge in [-0.2, -0.15) is 5.26 Å². The highest BCUT2D eigenvalue weighted by atomic mass is 19.1. The number of benzene rings is 1. The summed E-state index contributed by atoms with van der Waals surface area (Å²) in [6, 6.07) is 6.07. The average molecular weight is 278 g/mol. The number of carbonyl (C=O) groups is 1. The molecule has 0 spiro atoms. The number of hydrogen-bond donors (Lipinski definition) is 2. The Kier molecular flexibility index (Phi) is 4.51. The van der Waals surface area contributed by atoms with Crippen molar-refractivity contribution >= 4 is 5.97 Å². The molecular weight excluding hydrogens is 259 g/mol. The van der Waals surface area contributed by atoms with Crippen LogP contribution >= 0.6 is 0 Å². The molecule has 0 heterocycles. The van der Waals surface area contributed by atoms with Crippen molar-refractivity contribution in [2.45, 2.75) is 39.8 Å². The lowest BCUT2D eigenvalue weighted by Gasteiger charge is -2.39. The van der Waals surface area contributed by atoms with Crippen molar-refractivity contribution in [3.05, 3.63) is 35.1 Å². The zero-order chi connectivity index (χ0) is 15.6. The molecule has 0 aliphatic heterocycles. The first-order valence-electron chi connectivity index (χ1n) is 6.29. The van der Waals surface area contributed by atoms with Crippen molar-refractivity contribution in [2.24, 2.45) is 5.41 Å². The van der Waals surface area contributed by atoms with Crippen LogP contribution < -0.4 is 5.32 Å². The molecule has 5 heteroatoms. The average Bonchev–Trinajstić information content (AvgIpc) is 2.37. The summed E-state index contributed by atoms with van der Waals surface area (Å²) in [5.74, 6) is -1.45. The van der Waals surface area contributed by atoms with Crippen LogP contribution in [0.4, 0.5) is 4.39 Å². The quantitative estimate of drug-likeness (QED) is 0.868. The number of halogens is 1. The molecule has 0 aliphatic rings. The zero-order valence-electron chi connectivity index (χ0n) is 12.1. The number of hydrogen-bond acceptors (Lipinski definition) is 3. The van der Waals surface area contributed by atoms with Gasteiger partial charge in [0.15, 0.2) is 0 Å². The predicted octanol–water partition coefficient (Wildman–Crippen LogP) is 2.68. The Morgan fingerprint density at radius 3 is 2.50 bits per heavy atom. The number of nitrogens with one attached hydrogen (secondary N) is 1. The third kappa shape index (κ3) is 3.14. The van der Waals surface area contributed by atoms with E-state index >= 15 is 0 Å². The van der Waals surface area contributed by atoms with E-state index in [1.54, 1.807) is 39.8 Å². The Bertz CT molecular complexity index is 559. The van der Waals surface area contributed by atoms with Crippen molar-refractivity contribution in [2.75, 3.05) is 0 Å². The molecule has 1 rings (SSSR count). The Labute approximate surface area is 118 Å². The first-order valence-corrected chi connectivity index (χ1v) is 6.29. The van der Waals surface area contributed by atoms with E-state index in [1.807, 2.05) is 0 Å². The standard InChI is InChI=1S/C15H19FN2O2/c1-14(2,13(19)20)15(3,4)18-9-10-5-6-12(16)11(7-10)8-17/h5-7,18H,9H2,1-4H3,(H,19,20). The van der Waals surface area contributed by atoms with Gasteiger partial charge in [-0.05, 0) is 45.4 Å². The molecule has 4 nitrogen and oxygen atoms in total. The van der Waals surface area contributed by atoms with E-state index in [2.05, 4.69) is 5.32 Å². The summed E-state index contributed by atoms with van der Waals surface area (Å²) in [5.41, 5.74) is -0.915. The van der Waals surface area contributed by atoms with E-state index in [0.717, 1.165) is 5.56 Å². The van der Waals surface area contributed by atoms with Gasteiger partial charge in [0.25, 0.3) is 0 Å². The molecule has 2 N–H and O–H groups in total. The molecule has 0 atom stereocenters. The summed E-state index contributed by atoms with van der Waals surface area (Å²) in [7, 11) is 0.